The largest absolute Gasteiger partial charge is 0.357 e. The van der Waals surface area contributed by atoms with Crippen LogP contribution in [0.25, 0.3) is 10.9 Å². The van der Waals surface area contributed by atoms with E-state index in [1.54, 1.807) is 24.1 Å². The van der Waals surface area contributed by atoms with Gasteiger partial charge in [0.1, 0.15) is 11.7 Å². The van der Waals surface area contributed by atoms with Gasteiger partial charge >= 0.3 is 0 Å². The molecule has 6 nitrogen and oxygen atoms in total. The highest BCUT2D eigenvalue weighted by atomic mass is 35.5. The normalized spacial score (nSPS) is 19.1. The van der Waals surface area contributed by atoms with E-state index in [0.717, 1.165) is 17.4 Å². The molecule has 1 aromatic carbocycles. The number of aromatic amines is 1. The van der Waals surface area contributed by atoms with Gasteiger partial charge in [0, 0.05) is 42.6 Å². The molecule has 3 rings (SSSR count). The van der Waals surface area contributed by atoms with Gasteiger partial charge in [-0.25, -0.2) is 0 Å². The summed E-state index contributed by atoms with van der Waals surface area (Å²) in [7, 11) is 3.53. The fourth-order valence-corrected chi connectivity index (χ4v) is 3.11. The fraction of sp³-hybridized carbons (Fsp3) is 0.375. The molecule has 1 unspecified atom stereocenters. The van der Waals surface area contributed by atoms with Crippen LogP contribution in [0.3, 0.4) is 0 Å². The molecule has 1 saturated heterocycles. The molecule has 0 spiro atoms. The monoisotopic (exact) mass is 334 g/mol. The Morgan fingerprint density at radius 3 is 2.83 bits per heavy atom. The SMILES string of the molecule is CNC(=O)C1CN(C)CCN1C(=O)c1cc2cc(Cl)ccc2[nH]1. The van der Waals surface area contributed by atoms with Crippen LogP contribution in [-0.2, 0) is 4.79 Å². The van der Waals surface area contributed by atoms with Gasteiger partial charge in [-0.3, -0.25) is 9.59 Å². The van der Waals surface area contributed by atoms with Gasteiger partial charge in [0.15, 0.2) is 0 Å². The summed E-state index contributed by atoms with van der Waals surface area (Å²) in [6.45, 7) is 1.78. The van der Waals surface area contributed by atoms with Crippen LogP contribution in [0.15, 0.2) is 24.3 Å². The quantitative estimate of drug-likeness (QED) is 0.870. The maximum atomic E-state index is 12.9. The predicted molar refractivity (Wildman–Crippen MR) is 89.7 cm³/mol. The van der Waals surface area contributed by atoms with Crippen LogP contribution in [-0.4, -0.2) is 66.4 Å². The number of fused-ring (bicyclic) bond motifs is 1. The Kier molecular flexibility index (Phi) is 4.28. The van der Waals surface area contributed by atoms with Crippen molar-refractivity contribution in [3.63, 3.8) is 0 Å². The molecule has 0 aliphatic carbocycles. The van der Waals surface area contributed by atoms with Crippen LogP contribution in [0.1, 0.15) is 10.5 Å². The van der Waals surface area contributed by atoms with Gasteiger partial charge in [-0.1, -0.05) is 11.6 Å². The Labute approximate surface area is 139 Å². The van der Waals surface area contributed by atoms with Gasteiger partial charge in [-0.15, -0.1) is 0 Å². The lowest BCUT2D eigenvalue weighted by Gasteiger charge is -2.38. The molecular formula is C16H19ClN4O2. The van der Waals surface area contributed by atoms with Crippen LogP contribution < -0.4 is 5.32 Å². The van der Waals surface area contributed by atoms with Crippen LogP contribution in [0.5, 0.6) is 0 Å². The Hall–Kier alpha value is -2.05. The molecule has 1 fully saturated rings. The molecule has 1 aliphatic rings. The number of likely N-dealkylation sites (N-methyl/N-ethyl adjacent to an activating group) is 2. The first kappa shape index (κ1) is 15.8. The Bertz CT molecular complexity index is 758. The van der Waals surface area contributed by atoms with Crippen LogP contribution >= 0.6 is 11.6 Å². The van der Waals surface area contributed by atoms with E-state index in [-0.39, 0.29) is 11.8 Å². The number of carbonyl (C=O) groups excluding carboxylic acids is 2. The number of piperazine rings is 1. The summed E-state index contributed by atoms with van der Waals surface area (Å²) < 4.78 is 0. The summed E-state index contributed by atoms with van der Waals surface area (Å²) in [5, 5.41) is 4.14. The number of hydrogen-bond acceptors (Lipinski definition) is 3. The number of hydrogen-bond donors (Lipinski definition) is 2. The average Bonchev–Trinajstić information content (AvgIpc) is 2.96. The summed E-state index contributed by atoms with van der Waals surface area (Å²) in [4.78, 5) is 31.8. The second-order valence-corrected chi connectivity index (χ2v) is 6.24. The van der Waals surface area contributed by atoms with Gasteiger partial charge in [-0.2, -0.15) is 0 Å². The molecule has 1 aliphatic heterocycles. The van der Waals surface area contributed by atoms with Gasteiger partial charge in [-0.05, 0) is 31.3 Å². The lowest BCUT2D eigenvalue weighted by atomic mass is 10.1. The van der Waals surface area contributed by atoms with E-state index in [4.69, 9.17) is 11.6 Å². The molecule has 122 valence electrons. The number of H-pyrrole nitrogens is 1. The number of nitrogens with one attached hydrogen (secondary N) is 2. The van der Waals surface area contributed by atoms with E-state index in [1.165, 1.54) is 0 Å². The number of aromatic nitrogens is 1. The minimum atomic E-state index is -0.485. The molecule has 2 heterocycles. The Balaban J connectivity index is 1.91. The molecule has 1 atom stereocenters. The highest BCUT2D eigenvalue weighted by Gasteiger charge is 2.34. The zero-order chi connectivity index (χ0) is 16.6. The van der Waals surface area contributed by atoms with Crippen LogP contribution in [0, 0.1) is 0 Å². The molecule has 7 heteroatoms. The minimum absolute atomic E-state index is 0.149. The van der Waals surface area contributed by atoms with Crippen molar-refractivity contribution in [3.8, 4) is 0 Å². The van der Waals surface area contributed by atoms with Crippen molar-refractivity contribution in [1.29, 1.82) is 0 Å². The maximum Gasteiger partial charge on any atom is 0.271 e. The number of rotatable bonds is 2. The van der Waals surface area contributed by atoms with Gasteiger partial charge in [0.05, 0.1) is 0 Å². The number of benzene rings is 1. The Morgan fingerprint density at radius 2 is 2.09 bits per heavy atom. The summed E-state index contributed by atoms with van der Waals surface area (Å²) in [6, 6.07) is 6.72. The van der Waals surface area contributed by atoms with E-state index in [1.807, 2.05) is 19.2 Å². The van der Waals surface area contributed by atoms with Crippen molar-refractivity contribution in [2.75, 3.05) is 33.7 Å². The Morgan fingerprint density at radius 1 is 1.30 bits per heavy atom. The zero-order valence-corrected chi connectivity index (χ0v) is 13.9. The summed E-state index contributed by atoms with van der Waals surface area (Å²) >= 11 is 5.99. The molecule has 23 heavy (non-hydrogen) atoms. The third-order valence-corrected chi connectivity index (χ3v) is 4.44. The van der Waals surface area contributed by atoms with E-state index >= 15 is 0 Å². The second kappa shape index (κ2) is 6.22. The highest BCUT2D eigenvalue weighted by Crippen LogP contribution is 2.22. The van der Waals surface area contributed by atoms with Crippen molar-refractivity contribution >= 4 is 34.3 Å². The molecular weight excluding hydrogens is 316 g/mol. The van der Waals surface area contributed by atoms with Gasteiger partial charge < -0.3 is 20.1 Å². The van der Waals surface area contributed by atoms with E-state index in [0.29, 0.717) is 23.8 Å². The molecule has 1 aromatic heterocycles. The number of halogens is 1. The first-order valence-corrected chi connectivity index (χ1v) is 7.87. The van der Waals surface area contributed by atoms with Crippen LogP contribution in [0.4, 0.5) is 0 Å². The lowest BCUT2D eigenvalue weighted by Crippen LogP contribution is -2.59. The van der Waals surface area contributed by atoms with Crippen molar-refractivity contribution in [2.45, 2.75) is 6.04 Å². The third-order valence-electron chi connectivity index (χ3n) is 4.21. The molecule has 0 saturated carbocycles. The summed E-state index contributed by atoms with van der Waals surface area (Å²) in [5.41, 5.74) is 1.32. The standard InChI is InChI=1S/C16H19ClN4O2/c1-18-15(22)14-9-20(2)5-6-21(14)16(23)13-8-10-7-11(17)3-4-12(10)19-13/h3-4,7-8,14,19H,5-6,9H2,1-2H3,(H,18,22). The van der Waals surface area contributed by atoms with Crippen molar-refractivity contribution < 1.29 is 9.59 Å². The summed E-state index contributed by atoms with van der Waals surface area (Å²) in [5.74, 6) is -0.317. The van der Waals surface area contributed by atoms with Crippen molar-refractivity contribution in [3.05, 3.63) is 35.0 Å². The fourth-order valence-electron chi connectivity index (χ4n) is 2.93. The number of carbonyl (C=O) groups is 2. The predicted octanol–water partition coefficient (Wildman–Crippen LogP) is 1.32. The second-order valence-electron chi connectivity index (χ2n) is 5.81. The molecule has 0 radical (unpaired) electrons. The van der Waals surface area contributed by atoms with E-state index in [9.17, 15) is 9.59 Å². The maximum absolute atomic E-state index is 12.9. The topological polar surface area (TPSA) is 68.4 Å². The van der Waals surface area contributed by atoms with Gasteiger partial charge in [0.2, 0.25) is 5.91 Å². The van der Waals surface area contributed by atoms with E-state index < -0.39 is 6.04 Å². The molecule has 0 bridgehead atoms. The lowest BCUT2D eigenvalue weighted by molar-refractivity contribution is -0.126. The van der Waals surface area contributed by atoms with Crippen LogP contribution in [0.2, 0.25) is 5.02 Å². The summed E-state index contributed by atoms with van der Waals surface area (Å²) in [6.07, 6.45) is 0. The average molecular weight is 335 g/mol. The number of nitrogens with zero attached hydrogens (tertiary/aromatic N) is 2. The highest BCUT2D eigenvalue weighted by molar-refractivity contribution is 6.31. The minimum Gasteiger partial charge on any atom is -0.357 e. The van der Waals surface area contributed by atoms with Crippen molar-refractivity contribution in [1.82, 2.24) is 20.1 Å². The van der Waals surface area contributed by atoms with E-state index in [2.05, 4.69) is 15.2 Å². The molecule has 2 aromatic rings. The van der Waals surface area contributed by atoms with Gasteiger partial charge in [0.25, 0.3) is 5.91 Å². The smallest absolute Gasteiger partial charge is 0.271 e. The molecule has 2 amide bonds. The number of amides is 2. The zero-order valence-electron chi connectivity index (χ0n) is 13.1. The van der Waals surface area contributed by atoms with Crippen molar-refractivity contribution in [2.24, 2.45) is 0 Å². The molecule has 2 N–H and O–H groups in total. The first-order chi connectivity index (χ1) is 11.0. The third kappa shape index (κ3) is 3.04. The first-order valence-electron chi connectivity index (χ1n) is 7.49.